The quantitative estimate of drug-likeness (QED) is 0.0404. The number of piperidine rings is 1. The van der Waals surface area contributed by atoms with Gasteiger partial charge in [0.1, 0.15) is 6.04 Å². The van der Waals surface area contributed by atoms with Crippen molar-refractivity contribution in [2.45, 2.75) is 88.1 Å². The fourth-order valence-electron chi connectivity index (χ4n) is 11.3. The molecule has 34 heteroatoms. The van der Waals surface area contributed by atoms with Crippen LogP contribution >= 0.6 is 23.4 Å². The molecule has 6 N–H and O–H groups in total. The predicted molar refractivity (Wildman–Crippen MR) is 415 cm³/mol. The van der Waals surface area contributed by atoms with Crippen LogP contribution in [-0.4, -0.2) is 353 Å². The summed E-state index contributed by atoms with van der Waals surface area (Å²) in [5, 5.41) is 18.5. The van der Waals surface area contributed by atoms with E-state index in [2.05, 4.69) is 31.9 Å². The first-order valence-corrected chi connectivity index (χ1v) is 40.8. The van der Waals surface area contributed by atoms with Gasteiger partial charge in [-0.1, -0.05) is 50.1 Å². The number of hydrogen-bond donors (Lipinski definition) is 6. The number of likely N-dealkylation sites (tertiary alicyclic amines) is 1. The third-order valence-corrected chi connectivity index (χ3v) is 19.1. The zero-order valence-electron chi connectivity index (χ0n) is 65.6. The lowest BCUT2D eigenvalue weighted by Crippen LogP contribution is -2.52. The minimum atomic E-state index is -0.702. The number of hydrogen-bond acceptors (Lipinski definition) is 26. The molecule has 2 aromatic rings. The molecule has 111 heavy (non-hydrogen) atoms. The van der Waals surface area contributed by atoms with Crippen molar-refractivity contribution in [1.82, 2.24) is 36.8 Å². The van der Waals surface area contributed by atoms with E-state index >= 15 is 0 Å². The molecule has 0 radical (unpaired) electrons. The fraction of sp³-hybridized carbons (Fsp3) is 0.766. The number of urea groups is 1. The molecule has 0 bridgehead atoms. The number of benzene rings is 2. The summed E-state index contributed by atoms with van der Waals surface area (Å²) < 4.78 is 105. The molecule has 0 saturated carbocycles. The molecule has 3 heterocycles. The number of nitrogens with one attached hydrogen (secondary N) is 6. The van der Waals surface area contributed by atoms with Gasteiger partial charge in [0.15, 0.2) is 0 Å². The Morgan fingerprint density at radius 3 is 1.18 bits per heavy atom. The predicted octanol–water partition coefficient (Wildman–Crippen LogP) is 3.89. The molecule has 2 unspecified atom stereocenters. The summed E-state index contributed by atoms with van der Waals surface area (Å²) in [5.41, 5.74) is 1.83. The highest BCUT2D eigenvalue weighted by atomic mass is 35.5. The van der Waals surface area contributed by atoms with Gasteiger partial charge in [0.2, 0.25) is 17.7 Å². The Hall–Kier alpha value is -5.06. The monoisotopic (exact) mass is 1620 g/mol. The Morgan fingerprint density at radius 1 is 0.441 bits per heavy atom. The van der Waals surface area contributed by atoms with Crippen LogP contribution in [0.3, 0.4) is 0 Å². The number of thioether (sulfide) groups is 1. The molecule has 3 aliphatic rings. The summed E-state index contributed by atoms with van der Waals surface area (Å²) in [4.78, 5) is 77.5. The molecule has 0 aliphatic carbocycles. The van der Waals surface area contributed by atoms with Crippen molar-refractivity contribution < 1.29 is 119 Å². The van der Waals surface area contributed by atoms with Crippen LogP contribution in [0.25, 0.3) is 0 Å². The maximum absolute atomic E-state index is 13.6. The van der Waals surface area contributed by atoms with E-state index in [1.165, 1.54) is 11.6 Å². The smallest absolute Gasteiger partial charge is 0.315 e. The summed E-state index contributed by atoms with van der Waals surface area (Å²) in [7, 11) is 0. The average molecular weight is 1620 g/mol. The lowest BCUT2D eigenvalue weighted by Gasteiger charge is -2.35. The van der Waals surface area contributed by atoms with E-state index in [9.17, 15) is 28.8 Å². The van der Waals surface area contributed by atoms with E-state index in [1.54, 1.807) is 18.2 Å². The Morgan fingerprint density at radius 2 is 0.793 bits per heavy atom. The molecule has 634 valence electrons. The standard InChI is InChI=1S/C77H128ClN7O25S/c1-62(2)72(76(90)85-20-14-64(15-21-85)63-10-12-67(78)13-11-63)83-75(89)66-7-5-6-65(60-66)74(88)81-19-25-95-29-33-99-37-41-103-45-49-107-51-50-104-46-42-100-38-34-96-30-26-92-22-16-71(87)80-18-24-94-28-32-98-36-40-102-44-48-106-53-55-109-57-59-110-58-56-108-54-52-105-47-43-101-39-35-97-31-27-93-23-17-79-70(86)9-4-3-8-69-73-68(61-111-69)82-77(91)84-73/h5-7,10-13,60,62,64,68-69,72-73H,3-4,8-9,14-59,61H2,1-2H3,(H,79,86)(H,80,87)(H,81,88)(H,83,89)(H2,82,84,91)/t68?,69-,72+,73?/m0/s1. The van der Waals surface area contributed by atoms with Gasteiger partial charge in [0, 0.05) is 72.7 Å². The minimum Gasteiger partial charge on any atom is -0.379 e. The SMILES string of the molecule is CC(C)[C@@H](NC(=O)c1cccc(C(=O)NCCOCCOCCOCCOCCOCCOCCOCCOCCC(=O)NCCOCCOCCOCCOCCOCCOCCOCCOCCOCCOCCOCCNC(=O)CCCC[C@@H]2SCC3NC(=O)NC32)c1)C(=O)N1CCC(c2ccc(Cl)cc2)CC1. The summed E-state index contributed by atoms with van der Waals surface area (Å²) in [5.74, 6) is 0.217. The summed E-state index contributed by atoms with van der Waals surface area (Å²) >= 11 is 7.97. The lowest BCUT2D eigenvalue weighted by atomic mass is 9.89. The molecule has 3 fully saturated rings. The van der Waals surface area contributed by atoms with Crippen molar-refractivity contribution in [2.24, 2.45) is 5.92 Å². The molecule has 32 nitrogen and oxygen atoms in total. The minimum absolute atomic E-state index is 0.0323. The van der Waals surface area contributed by atoms with E-state index in [4.69, 9.17) is 102 Å². The Bertz CT molecular complexity index is 2700. The van der Waals surface area contributed by atoms with E-state index < -0.39 is 11.9 Å². The first-order valence-electron chi connectivity index (χ1n) is 39.4. The van der Waals surface area contributed by atoms with E-state index in [1.807, 2.05) is 54.8 Å². The largest absolute Gasteiger partial charge is 0.379 e. The van der Waals surface area contributed by atoms with Gasteiger partial charge < -0.3 is 127 Å². The Kier molecular flexibility index (Phi) is 57.5. The van der Waals surface area contributed by atoms with Gasteiger partial charge in [-0.3, -0.25) is 24.0 Å². The fourth-order valence-corrected chi connectivity index (χ4v) is 13.0. The van der Waals surface area contributed by atoms with E-state index in [-0.39, 0.29) is 73.8 Å². The normalized spacial score (nSPS) is 15.9. The molecule has 3 saturated heterocycles. The van der Waals surface area contributed by atoms with Crippen LogP contribution in [0.15, 0.2) is 48.5 Å². The summed E-state index contributed by atoms with van der Waals surface area (Å²) in [6, 6.07) is 14.0. The number of nitrogens with zero attached hydrogens (tertiary/aromatic N) is 1. The molecule has 7 amide bonds. The molecule has 0 spiro atoms. The number of unbranched alkanes of at least 4 members (excludes halogenated alkanes) is 1. The second-order valence-electron chi connectivity index (χ2n) is 26.1. The van der Waals surface area contributed by atoms with Crippen molar-refractivity contribution >= 4 is 58.9 Å². The maximum Gasteiger partial charge on any atom is 0.315 e. The van der Waals surface area contributed by atoms with Gasteiger partial charge >= 0.3 is 6.03 Å². The van der Waals surface area contributed by atoms with Gasteiger partial charge in [-0.2, -0.15) is 11.8 Å². The summed E-state index contributed by atoms with van der Waals surface area (Å²) in [6.45, 7) is 22.3. The zero-order chi connectivity index (χ0) is 78.9. The van der Waals surface area contributed by atoms with Crippen LogP contribution in [0, 0.1) is 5.92 Å². The highest BCUT2D eigenvalue weighted by Crippen LogP contribution is 2.33. The topological polar surface area (TPSA) is 353 Å². The van der Waals surface area contributed by atoms with Crippen molar-refractivity contribution in [3.05, 3.63) is 70.2 Å². The first kappa shape index (κ1) is 96.5. The highest BCUT2D eigenvalue weighted by Gasteiger charge is 2.42. The van der Waals surface area contributed by atoms with Gasteiger partial charge in [-0.15, -0.1) is 0 Å². The molecule has 0 aromatic heterocycles. The molecular weight excluding hydrogens is 1490 g/mol. The molecular formula is C77H128ClN7O25S. The maximum atomic E-state index is 13.6. The number of carbonyl (C=O) groups is 6. The second-order valence-corrected chi connectivity index (χ2v) is 27.8. The van der Waals surface area contributed by atoms with Crippen LogP contribution < -0.4 is 31.9 Å². The number of rotatable bonds is 74. The molecule has 3 aliphatic heterocycles. The average Bonchev–Trinajstić information content (AvgIpc) is 1.72. The number of carbonyl (C=O) groups excluding carboxylic acids is 6. The van der Waals surface area contributed by atoms with Crippen LogP contribution in [-0.2, 0) is 104 Å². The third-order valence-electron chi connectivity index (χ3n) is 17.3. The molecule has 5 rings (SSSR count). The number of amides is 7. The summed E-state index contributed by atoms with van der Waals surface area (Å²) in [6.07, 6.45) is 5.19. The van der Waals surface area contributed by atoms with Gasteiger partial charge in [0.25, 0.3) is 11.8 Å². The lowest BCUT2D eigenvalue weighted by molar-refractivity contribution is -0.135. The number of halogens is 1. The highest BCUT2D eigenvalue weighted by molar-refractivity contribution is 8.00. The van der Waals surface area contributed by atoms with Crippen molar-refractivity contribution in [3.63, 3.8) is 0 Å². The van der Waals surface area contributed by atoms with Gasteiger partial charge in [0.05, 0.1) is 263 Å². The first-order chi connectivity index (χ1) is 54.5. The zero-order valence-corrected chi connectivity index (χ0v) is 67.2. The van der Waals surface area contributed by atoms with Crippen LogP contribution in [0.1, 0.15) is 91.0 Å². The Labute approximate surface area is 665 Å². The van der Waals surface area contributed by atoms with Crippen LogP contribution in [0.5, 0.6) is 0 Å². The van der Waals surface area contributed by atoms with Crippen LogP contribution in [0.4, 0.5) is 4.79 Å². The van der Waals surface area contributed by atoms with E-state index in [0.717, 1.165) is 37.9 Å². The third kappa shape index (κ3) is 48.8. The molecule has 4 atom stereocenters. The second kappa shape index (κ2) is 66.1. The number of fused-ring (bicyclic) bond motifs is 1. The van der Waals surface area contributed by atoms with Crippen molar-refractivity contribution in [1.29, 1.82) is 0 Å². The van der Waals surface area contributed by atoms with Gasteiger partial charge in [-0.05, 0) is 73.4 Å². The van der Waals surface area contributed by atoms with Gasteiger partial charge in [-0.25, -0.2) is 4.79 Å². The number of ether oxygens (including phenoxy) is 19. The van der Waals surface area contributed by atoms with E-state index in [0.29, 0.717) is 298 Å². The van der Waals surface area contributed by atoms with Crippen LogP contribution in [0.2, 0.25) is 5.02 Å². The molecule has 2 aromatic carbocycles. The Balaban J connectivity index is 0.628. The van der Waals surface area contributed by atoms with Crippen molar-refractivity contribution in [3.8, 4) is 0 Å². The van der Waals surface area contributed by atoms with Crippen molar-refractivity contribution in [2.75, 3.05) is 290 Å².